The van der Waals surface area contributed by atoms with Crippen LogP contribution in [0.3, 0.4) is 0 Å². The van der Waals surface area contributed by atoms with Crippen molar-refractivity contribution in [3.8, 4) is 5.69 Å². The number of aliphatic carboxylic acids is 1. The second-order valence-electron chi connectivity index (χ2n) is 9.06. The second-order valence-corrected chi connectivity index (χ2v) is 9.47. The predicted octanol–water partition coefficient (Wildman–Crippen LogP) is 4.25. The third-order valence-corrected chi connectivity index (χ3v) is 6.88. The summed E-state index contributed by atoms with van der Waals surface area (Å²) in [5, 5.41) is 18.1. The van der Waals surface area contributed by atoms with E-state index in [9.17, 15) is 14.7 Å². The van der Waals surface area contributed by atoms with Crippen LogP contribution in [0.25, 0.3) is 16.6 Å². The topological polar surface area (TPSA) is 102 Å². The molecule has 0 spiro atoms. The van der Waals surface area contributed by atoms with Gasteiger partial charge in [0.25, 0.3) is 5.91 Å². The van der Waals surface area contributed by atoms with Crippen LogP contribution in [0.5, 0.6) is 0 Å². The molecule has 2 aromatic heterocycles. The van der Waals surface area contributed by atoms with E-state index in [0.717, 1.165) is 40.6 Å². The Morgan fingerprint density at radius 2 is 2.03 bits per heavy atom. The predicted molar refractivity (Wildman–Crippen MR) is 133 cm³/mol. The first-order valence-corrected chi connectivity index (χ1v) is 12.0. The van der Waals surface area contributed by atoms with E-state index in [1.807, 2.05) is 6.92 Å². The molecule has 1 aliphatic heterocycles. The summed E-state index contributed by atoms with van der Waals surface area (Å²) in [5.74, 6) is -0.366. The minimum absolute atomic E-state index is 0.0621. The Labute approximate surface area is 207 Å². The molecule has 1 aliphatic rings. The molecule has 2 aromatic carbocycles. The van der Waals surface area contributed by atoms with Gasteiger partial charge in [0.15, 0.2) is 0 Å². The number of carbonyl (C=O) groups is 2. The first-order chi connectivity index (χ1) is 16.8. The Balaban J connectivity index is 1.37. The first kappa shape index (κ1) is 23.1. The molecule has 5 rings (SSSR count). The van der Waals surface area contributed by atoms with Gasteiger partial charge >= 0.3 is 5.97 Å². The van der Waals surface area contributed by atoms with Gasteiger partial charge in [0, 0.05) is 35.6 Å². The Kier molecular flexibility index (Phi) is 6.06. The number of hydrogen-bond acceptors (Lipinski definition) is 4. The minimum atomic E-state index is -0.798. The quantitative estimate of drug-likeness (QED) is 0.419. The molecule has 35 heavy (non-hydrogen) atoms. The molecule has 0 bridgehead atoms. The van der Waals surface area contributed by atoms with Crippen molar-refractivity contribution in [3.05, 3.63) is 76.0 Å². The van der Waals surface area contributed by atoms with Crippen LogP contribution in [0, 0.1) is 13.8 Å². The number of nitrogens with one attached hydrogen (secondary N) is 1. The maximum Gasteiger partial charge on any atom is 0.303 e. The summed E-state index contributed by atoms with van der Waals surface area (Å²) >= 11 is 6.46. The van der Waals surface area contributed by atoms with Crippen molar-refractivity contribution in [2.45, 2.75) is 52.1 Å². The van der Waals surface area contributed by atoms with Gasteiger partial charge in [-0.05, 0) is 69.0 Å². The molecule has 4 aromatic rings. The summed E-state index contributed by atoms with van der Waals surface area (Å²) in [4.78, 5) is 28.4. The third kappa shape index (κ3) is 4.53. The van der Waals surface area contributed by atoms with Crippen molar-refractivity contribution in [1.29, 1.82) is 0 Å². The zero-order valence-electron chi connectivity index (χ0n) is 19.6. The van der Waals surface area contributed by atoms with Crippen LogP contribution >= 0.6 is 11.6 Å². The molecule has 1 amide bonds. The van der Waals surface area contributed by atoms with Crippen molar-refractivity contribution in [3.63, 3.8) is 0 Å². The Morgan fingerprint density at radius 1 is 1.20 bits per heavy atom. The van der Waals surface area contributed by atoms with Crippen LogP contribution in [0.4, 0.5) is 0 Å². The molecule has 0 aliphatic carbocycles. The van der Waals surface area contributed by atoms with Gasteiger partial charge < -0.3 is 15.0 Å². The molecule has 0 saturated heterocycles. The summed E-state index contributed by atoms with van der Waals surface area (Å²) in [6.07, 6.45) is 3.75. The highest BCUT2D eigenvalue weighted by Crippen LogP contribution is 2.33. The Hall–Kier alpha value is -3.65. The number of halogens is 1. The molecule has 1 atom stereocenters. The highest BCUT2D eigenvalue weighted by molar-refractivity contribution is 6.34. The van der Waals surface area contributed by atoms with Crippen molar-refractivity contribution in [1.82, 2.24) is 24.6 Å². The number of nitrogens with zero attached hydrogens (tertiary/aromatic N) is 4. The van der Waals surface area contributed by atoms with Crippen LogP contribution in [0.2, 0.25) is 5.02 Å². The van der Waals surface area contributed by atoms with E-state index >= 15 is 0 Å². The number of rotatable bonds is 6. The molecule has 1 unspecified atom stereocenters. The molecule has 180 valence electrons. The van der Waals surface area contributed by atoms with Crippen molar-refractivity contribution >= 4 is 34.4 Å². The number of benzene rings is 2. The lowest BCUT2D eigenvalue weighted by Gasteiger charge is -2.27. The van der Waals surface area contributed by atoms with E-state index in [1.54, 1.807) is 36.1 Å². The second kappa shape index (κ2) is 9.19. The van der Waals surface area contributed by atoms with Gasteiger partial charge in [-0.25, -0.2) is 9.67 Å². The molecule has 2 N–H and O–H groups in total. The fraction of sp³-hybridized carbons (Fsp3) is 0.308. The molecular formula is C26H26ClN5O3. The van der Waals surface area contributed by atoms with Gasteiger partial charge in [0.05, 0.1) is 16.3 Å². The zero-order valence-corrected chi connectivity index (χ0v) is 20.3. The van der Waals surface area contributed by atoms with Crippen LogP contribution in [-0.4, -0.2) is 42.4 Å². The molecule has 3 heterocycles. The summed E-state index contributed by atoms with van der Waals surface area (Å²) in [7, 11) is 0. The fourth-order valence-corrected chi connectivity index (χ4v) is 5.16. The van der Waals surface area contributed by atoms with E-state index in [1.165, 1.54) is 5.69 Å². The summed E-state index contributed by atoms with van der Waals surface area (Å²) in [6, 6.07) is 11.4. The van der Waals surface area contributed by atoms with Gasteiger partial charge in [-0.3, -0.25) is 9.59 Å². The van der Waals surface area contributed by atoms with Crippen LogP contribution < -0.4 is 5.32 Å². The van der Waals surface area contributed by atoms with Crippen molar-refractivity contribution < 1.29 is 14.7 Å². The number of aryl methyl sites for hydroxylation is 3. The third-order valence-electron chi connectivity index (χ3n) is 6.57. The van der Waals surface area contributed by atoms with Crippen LogP contribution in [-0.2, 0) is 24.2 Å². The average molecular weight is 492 g/mol. The van der Waals surface area contributed by atoms with Crippen molar-refractivity contribution in [2.75, 3.05) is 0 Å². The van der Waals surface area contributed by atoms with Crippen molar-refractivity contribution in [2.24, 2.45) is 0 Å². The number of hydrogen-bond donors (Lipinski definition) is 2. The van der Waals surface area contributed by atoms with Gasteiger partial charge in [-0.15, -0.1) is 0 Å². The lowest BCUT2D eigenvalue weighted by Crippen LogP contribution is -2.41. The van der Waals surface area contributed by atoms with E-state index in [2.05, 4.69) is 38.2 Å². The van der Waals surface area contributed by atoms with E-state index in [0.29, 0.717) is 29.4 Å². The fourth-order valence-electron chi connectivity index (χ4n) is 4.90. The minimum Gasteiger partial charge on any atom is -0.481 e. The largest absolute Gasteiger partial charge is 0.481 e. The first-order valence-electron chi connectivity index (χ1n) is 11.6. The monoisotopic (exact) mass is 491 g/mol. The van der Waals surface area contributed by atoms with E-state index < -0.39 is 5.97 Å². The number of carboxylic acids is 1. The Bertz CT molecular complexity index is 1450. The molecule has 0 saturated carbocycles. The maximum absolute atomic E-state index is 13.1. The van der Waals surface area contributed by atoms with Crippen LogP contribution in [0.1, 0.15) is 45.8 Å². The molecular weight excluding hydrogens is 466 g/mol. The smallest absolute Gasteiger partial charge is 0.303 e. The maximum atomic E-state index is 13.1. The number of fused-ring (bicyclic) bond motifs is 3. The molecule has 9 heteroatoms. The molecule has 0 fully saturated rings. The summed E-state index contributed by atoms with van der Waals surface area (Å²) in [5.41, 5.74) is 5.64. The standard InChI is InChI=1S/C26H26ClN5O3/c1-15-3-8-24-21(11-15)19(7-10-25(33)34)23-9-4-17(13-31(23)24)29-26(35)20-6-5-18(12-22(20)27)32-14-28-16(2)30-32/h3,5-6,8,11-12,14,17H,4,7,9-10,13H2,1-2H3,(H,29,35)(H,33,34). The highest BCUT2D eigenvalue weighted by atomic mass is 35.5. The number of carbonyl (C=O) groups excluding carboxylic acids is 1. The van der Waals surface area contributed by atoms with Gasteiger partial charge in [0.2, 0.25) is 0 Å². The molecule has 0 radical (unpaired) electrons. The Morgan fingerprint density at radius 3 is 2.74 bits per heavy atom. The van der Waals surface area contributed by atoms with Gasteiger partial charge in [0.1, 0.15) is 12.2 Å². The van der Waals surface area contributed by atoms with Gasteiger partial charge in [-0.1, -0.05) is 23.2 Å². The van der Waals surface area contributed by atoms with E-state index in [-0.39, 0.29) is 18.4 Å². The number of aromatic nitrogens is 4. The summed E-state index contributed by atoms with van der Waals surface area (Å²) < 4.78 is 3.85. The normalized spacial score (nSPS) is 15.2. The number of carboxylic acid groups (broad SMARTS) is 1. The molecule has 8 nitrogen and oxygen atoms in total. The SMILES string of the molecule is Cc1ccc2c(c1)c(CCC(=O)O)c1n2CC(NC(=O)c2ccc(-n3cnc(C)n3)cc2Cl)CC1. The average Bonchev–Trinajstić information content (AvgIpc) is 3.38. The zero-order chi connectivity index (χ0) is 24.7. The lowest BCUT2D eigenvalue weighted by molar-refractivity contribution is -0.136. The van der Waals surface area contributed by atoms with Gasteiger partial charge in [-0.2, -0.15) is 5.10 Å². The highest BCUT2D eigenvalue weighted by Gasteiger charge is 2.26. The summed E-state index contributed by atoms with van der Waals surface area (Å²) in [6.45, 7) is 4.47. The number of amides is 1. The van der Waals surface area contributed by atoms with Crippen LogP contribution in [0.15, 0.2) is 42.7 Å². The lowest BCUT2D eigenvalue weighted by atomic mass is 9.98. The van der Waals surface area contributed by atoms with E-state index in [4.69, 9.17) is 11.6 Å².